The van der Waals surface area contributed by atoms with Crippen LogP contribution in [-0.2, 0) is 47.5 Å². The Morgan fingerprint density at radius 3 is 1.15 bits per heavy atom. The van der Waals surface area contributed by atoms with Crippen molar-refractivity contribution >= 4 is 17.9 Å². The zero-order valence-electron chi connectivity index (χ0n) is 43.4. The normalized spacial score (nSPS) is 11.6. The van der Waals surface area contributed by atoms with E-state index in [9.17, 15) is 14.4 Å². The van der Waals surface area contributed by atoms with E-state index in [0.717, 1.165) is 129 Å². The molecule has 0 aromatic rings. The van der Waals surface area contributed by atoms with Crippen LogP contribution < -0.4 is 11.1 Å². The van der Waals surface area contributed by atoms with Crippen LogP contribution in [0.2, 0.25) is 0 Å². The zero-order valence-corrected chi connectivity index (χ0v) is 43.4. The van der Waals surface area contributed by atoms with E-state index in [0.29, 0.717) is 105 Å². The van der Waals surface area contributed by atoms with Crippen molar-refractivity contribution in [2.24, 2.45) is 5.73 Å². The molecule has 0 saturated heterocycles. The third-order valence-electron chi connectivity index (χ3n) is 11.6. The number of nitrogens with two attached hydrogens (primary N) is 1. The standard InChI is InChI=1S/C53H105N3O10/c1-5-9-13-27-40-60-45-49(46-61-41-28-14-10-6-2)65-52(58)31-23-19-17-21-25-37-56(39-33-51(57)64-44-36-55-35-34-54)38-26-22-18-20-24-32-53(59)66-50(47-62-42-29-15-11-7-3)48-63-43-30-16-12-8-4/h49-50,55H,5-48,54H2,1-4H3. The summed E-state index contributed by atoms with van der Waals surface area (Å²) < 4.78 is 40.6. The van der Waals surface area contributed by atoms with Gasteiger partial charge in [-0.05, 0) is 64.5 Å². The zero-order chi connectivity index (χ0) is 48.2. The van der Waals surface area contributed by atoms with Gasteiger partial charge in [0.05, 0.1) is 32.8 Å². The van der Waals surface area contributed by atoms with E-state index in [1.54, 1.807) is 0 Å². The van der Waals surface area contributed by atoms with E-state index in [2.05, 4.69) is 37.9 Å². The Bertz CT molecular complexity index is 945. The van der Waals surface area contributed by atoms with Gasteiger partial charge in [-0.25, -0.2) is 0 Å². The van der Waals surface area contributed by atoms with Crippen molar-refractivity contribution in [3.8, 4) is 0 Å². The SMILES string of the molecule is CCCCCCOCC(COCCCCCC)OC(=O)CCCCCCCN(CCCCCCCC(=O)OC(COCCCCCC)COCCCCCC)CCC(=O)OCCNCCN. The summed E-state index contributed by atoms with van der Waals surface area (Å²) in [6.45, 7) is 17.8. The molecule has 0 bridgehead atoms. The maximum atomic E-state index is 12.8. The first-order valence-electron chi connectivity index (χ1n) is 27.4. The van der Waals surface area contributed by atoms with E-state index in [1.807, 2.05) is 0 Å². The Hall–Kier alpha value is -1.87. The molecule has 0 atom stereocenters. The van der Waals surface area contributed by atoms with E-state index in [1.165, 1.54) is 51.4 Å². The molecule has 392 valence electrons. The highest BCUT2D eigenvalue weighted by Crippen LogP contribution is 2.13. The fraction of sp³-hybridized carbons (Fsp3) is 0.943. The summed E-state index contributed by atoms with van der Waals surface area (Å²) >= 11 is 0. The van der Waals surface area contributed by atoms with E-state index < -0.39 is 0 Å². The van der Waals surface area contributed by atoms with Crippen LogP contribution in [0.15, 0.2) is 0 Å². The predicted octanol–water partition coefficient (Wildman–Crippen LogP) is 10.7. The largest absolute Gasteiger partial charge is 0.464 e. The lowest BCUT2D eigenvalue weighted by molar-refractivity contribution is -0.157. The van der Waals surface area contributed by atoms with Crippen LogP contribution in [0.1, 0.15) is 214 Å². The van der Waals surface area contributed by atoms with E-state index in [-0.39, 0.29) is 30.1 Å². The molecule has 0 fully saturated rings. The molecular formula is C53H105N3O10. The Balaban J connectivity index is 4.71. The lowest BCUT2D eigenvalue weighted by atomic mass is 10.1. The average molecular weight is 944 g/mol. The highest BCUT2D eigenvalue weighted by molar-refractivity contribution is 5.70. The van der Waals surface area contributed by atoms with Gasteiger partial charge in [0, 0.05) is 65.4 Å². The number of nitrogens with one attached hydrogen (secondary N) is 1. The molecule has 66 heavy (non-hydrogen) atoms. The number of carbonyl (C=O) groups is 3. The molecule has 0 unspecified atom stereocenters. The summed E-state index contributed by atoms with van der Waals surface area (Å²) in [7, 11) is 0. The van der Waals surface area contributed by atoms with Crippen LogP contribution in [0.4, 0.5) is 0 Å². The molecule has 0 rings (SSSR count). The van der Waals surface area contributed by atoms with Gasteiger partial charge in [0.2, 0.25) is 0 Å². The van der Waals surface area contributed by atoms with Crippen LogP contribution in [0.3, 0.4) is 0 Å². The van der Waals surface area contributed by atoms with Crippen molar-refractivity contribution in [2.75, 3.05) is 98.7 Å². The number of carbonyl (C=O) groups excluding carboxylic acids is 3. The van der Waals surface area contributed by atoms with Crippen molar-refractivity contribution in [3.05, 3.63) is 0 Å². The van der Waals surface area contributed by atoms with E-state index in [4.69, 9.17) is 38.9 Å². The third kappa shape index (κ3) is 47.2. The second-order valence-corrected chi connectivity index (χ2v) is 18.2. The number of ether oxygens (including phenoxy) is 7. The summed E-state index contributed by atoms with van der Waals surface area (Å²) in [5.74, 6) is -0.519. The van der Waals surface area contributed by atoms with Crippen LogP contribution >= 0.6 is 0 Å². The molecule has 0 heterocycles. The first kappa shape index (κ1) is 64.1. The number of hydrogen-bond donors (Lipinski definition) is 2. The second kappa shape index (κ2) is 52.5. The molecule has 0 spiro atoms. The fourth-order valence-electron chi connectivity index (χ4n) is 7.50. The van der Waals surface area contributed by atoms with Crippen molar-refractivity contribution in [2.45, 2.75) is 226 Å². The maximum absolute atomic E-state index is 12.8. The van der Waals surface area contributed by atoms with Gasteiger partial charge in [0.25, 0.3) is 0 Å². The van der Waals surface area contributed by atoms with E-state index >= 15 is 0 Å². The molecule has 0 aliphatic heterocycles. The molecule has 0 aromatic carbocycles. The van der Waals surface area contributed by atoms with Gasteiger partial charge < -0.3 is 49.1 Å². The molecule has 13 heteroatoms. The number of rotatable bonds is 54. The maximum Gasteiger partial charge on any atom is 0.307 e. The van der Waals surface area contributed by atoms with Crippen LogP contribution in [0, 0.1) is 0 Å². The average Bonchev–Trinajstić information content (AvgIpc) is 3.31. The summed E-state index contributed by atoms with van der Waals surface area (Å²) in [6, 6.07) is 0. The molecule has 0 aliphatic rings. The minimum Gasteiger partial charge on any atom is -0.464 e. The van der Waals surface area contributed by atoms with Crippen molar-refractivity contribution in [3.63, 3.8) is 0 Å². The number of esters is 3. The van der Waals surface area contributed by atoms with Gasteiger partial charge in [-0.1, -0.05) is 143 Å². The minimum absolute atomic E-state index is 0.172. The molecule has 13 nitrogen and oxygen atoms in total. The Morgan fingerprint density at radius 2 is 0.773 bits per heavy atom. The molecule has 0 amide bonds. The van der Waals surface area contributed by atoms with Gasteiger partial charge in [0.1, 0.15) is 18.8 Å². The first-order valence-corrected chi connectivity index (χ1v) is 27.4. The van der Waals surface area contributed by atoms with Gasteiger partial charge in [0.15, 0.2) is 0 Å². The molecule has 0 aliphatic carbocycles. The first-order chi connectivity index (χ1) is 32.4. The van der Waals surface area contributed by atoms with Crippen LogP contribution in [-0.4, -0.2) is 134 Å². The fourth-order valence-corrected chi connectivity index (χ4v) is 7.50. The Labute approximate surface area is 405 Å². The summed E-state index contributed by atoms with van der Waals surface area (Å²) in [5.41, 5.74) is 5.53. The van der Waals surface area contributed by atoms with Crippen molar-refractivity contribution in [1.82, 2.24) is 10.2 Å². The summed E-state index contributed by atoms with van der Waals surface area (Å²) in [5, 5.41) is 3.15. The van der Waals surface area contributed by atoms with Gasteiger partial charge >= 0.3 is 17.9 Å². The predicted molar refractivity (Wildman–Crippen MR) is 269 cm³/mol. The lowest BCUT2D eigenvalue weighted by Gasteiger charge is -2.22. The third-order valence-corrected chi connectivity index (χ3v) is 11.6. The minimum atomic E-state index is -0.363. The molecule has 0 aromatic heterocycles. The van der Waals surface area contributed by atoms with Crippen LogP contribution in [0.25, 0.3) is 0 Å². The number of unbranched alkanes of at least 4 members (excludes halogenated alkanes) is 20. The molecular weight excluding hydrogens is 839 g/mol. The van der Waals surface area contributed by atoms with Gasteiger partial charge in [-0.15, -0.1) is 0 Å². The summed E-state index contributed by atoms with van der Waals surface area (Å²) in [4.78, 5) is 40.5. The van der Waals surface area contributed by atoms with Crippen molar-refractivity contribution < 1.29 is 47.5 Å². The second-order valence-electron chi connectivity index (χ2n) is 18.2. The molecule has 0 saturated carbocycles. The monoisotopic (exact) mass is 944 g/mol. The number of hydrogen-bond acceptors (Lipinski definition) is 13. The Morgan fingerprint density at radius 1 is 0.409 bits per heavy atom. The topological polar surface area (TPSA) is 157 Å². The van der Waals surface area contributed by atoms with Gasteiger partial charge in [-0.3, -0.25) is 14.4 Å². The van der Waals surface area contributed by atoms with Crippen molar-refractivity contribution in [1.29, 1.82) is 0 Å². The molecule has 3 N–H and O–H groups in total. The Kier molecular flexibility index (Phi) is 51.0. The van der Waals surface area contributed by atoms with Crippen LogP contribution in [0.5, 0.6) is 0 Å². The molecule has 0 radical (unpaired) electrons. The van der Waals surface area contributed by atoms with Gasteiger partial charge in [-0.2, -0.15) is 0 Å². The highest BCUT2D eigenvalue weighted by atomic mass is 16.6. The highest BCUT2D eigenvalue weighted by Gasteiger charge is 2.17. The summed E-state index contributed by atoms with van der Waals surface area (Å²) in [6.07, 6.45) is 28.6. The lowest BCUT2D eigenvalue weighted by Crippen LogP contribution is -2.30. The number of nitrogens with zero attached hydrogens (tertiary/aromatic N) is 1. The smallest absolute Gasteiger partial charge is 0.307 e. The quantitative estimate of drug-likeness (QED) is 0.0338.